The van der Waals surface area contributed by atoms with Gasteiger partial charge in [-0.05, 0) is 44.9 Å². The fourth-order valence-corrected chi connectivity index (χ4v) is 2.15. The second-order valence-electron chi connectivity index (χ2n) is 5.79. The van der Waals surface area contributed by atoms with E-state index in [2.05, 4.69) is 16.3 Å². The van der Waals surface area contributed by atoms with Crippen LogP contribution < -0.4 is 16.0 Å². The quantitative estimate of drug-likeness (QED) is 0.890. The minimum Gasteiger partial charge on any atom is -0.371 e. The van der Waals surface area contributed by atoms with Crippen LogP contribution in [0.4, 0.5) is 11.4 Å². The van der Waals surface area contributed by atoms with Crippen LogP contribution in [0.2, 0.25) is 0 Å². The summed E-state index contributed by atoms with van der Waals surface area (Å²) in [6, 6.07) is 8.04. The molecule has 0 bridgehead atoms. The number of amides is 1. The number of halogens is 2. The normalized spacial score (nSPS) is 14.1. The highest BCUT2D eigenvalue weighted by atomic mass is 35.5. The second-order valence-corrected chi connectivity index (χ2v) is 5.79. The average Bonchev–Trinajstić information content (AvgIpc) is 2.93. The van der Waals surface area contributed by atoms with Crippen LogP contribution in [0.25, 0.3) is 0 Å². The molecule has 3 N–H and O–H groups in total. The molecule has 0 spiro atoms. The molecular formula is C15H25Cl2N3O. The minimum atomic E-state index is -0.538. The molecule has 0 radical (unpaired) electrons. The minimum absolute atomic E-state index is 0. The number of nitrogens with zero attached hydrogens (tertiary/aromatic N) is 1. The maximum atomic E-state index is 12.1. The van der Waals surface area contributed by atoms with E-state index >= 15 is 0 Å². The zero-order chi connectivity index (χ0) is 13.9. The van der Waals surface area contributed by atoms with Gasteiger partial charge in [0.05, 0.1) is 5.41 Å². The second kappa shape index (κ2) is 8.47. The Hall–Kier alpha value is -0.970. The van der Waals surface area contributed by atoms with Gasteiger partial charge < -0.3 is 16.0 Å². The summed E-state index contributed by atoms with van der Waals surface area (Å²) in [4.78, 5) is 14.4. The van der Waals surface area contributed by atoms with E-state index in [-0.39, 0.29) is 30.7 Å². The molecular weight excluding hydrogens is 309 g/mol. The van der Waals surface area contributed by atoms with Crippen molar-refractivity contribution in [3.05, 3.63) is 24.3 Å². The van der Waals surface area contributed by atoms with Crippen molar-refractivity contribution in [1.82, 2.24) is 0 Å². The number of hydrogen-bond acceptors (Lipinski definition) is 3. The molecule has 1 aliphatic rings. The van der Waals surface area contributed by atoms with Crippen LogP contribution in [0.15, 0.2) is 24.3 Å². The molecule has 21 heavy (non-hydrogen) atoms. The lowest BCUT2D eigenvalue weighted by Crippen LogP contribution is -2.37. The average molecular weight is 334 g/mol. The summed E-state index contributed by atoms with van der Waals surface area (Å²) in [6.07, 6.45) is 2.49. The number of carbonyl (C=O) groups is 1. The van der Waals surface area contributed by atoms with E-state index in [1.165, 1.54) is 18.5 Å². The van der Waals surface area contributed by atoms with Crippen LogP contribution >= 0.6 is 24.8 Å². The highest BCUT2D eigenvalue weighted by Gasteiger charge is 2.25. The standard InChI is InChI=1S/C15H23N3O.2ClH/c1-15(2,11-16)14(19)17-12-6-5-7-13(10-12)18-8-3-4-9-18;;/h5-7,10H,3-4,8-9,11,16H2,1-2H3,(H,17,19);2*1H. The van der Waals surface area contributed by atoms with E-state index in [0.29, 0.717) is 6.54 Å². The van der Waals surface area contributed by atoms with Crippen LogP contribution in [0.5, 0.6) is 0 Å². The molecule has 2 rings (SSSR count). The molecule has 0 atom stereocenters. The van der Waals surface area contributed by atoms with Gasteiger partial charge in [0.1, 0.15) is 0 Å². The predicted octanol–water partition coefficient (Wildman–Crippen LogP) is 3.05. The maximum absolute atomic E-state index is 12.1. The van der Waals surface area contributed by atoms with Crippen LogP contribution in [0, 0.1) is 5.41 Å². The van der Waals surface area contributed by atoms with Crippen molar-refractivity contribution in [2.24, 2.45) is 11.1 Å². The summed E-state index contributed by atoms with van der Waals surface area (Å²) in [5, 5.41) is 2.95. The van der Waals surface area contributed by atoms with Gasteiger partial charge in [0, 0.05) is 31.0 Å². The van der Waals surface area contributed by atoms with Crippen molar-refractivity contribution in [3.8, 4) is 0 Å². The van der Waals surface area contributed by atoms with Crippen LogP contribution in [0.3, 0.4) is 0 Å². The van der Waals surface area contributed by atoms with Gasteiger partial charge in [0.25, 0.3) is 0 Å². The Morgan fingerprint density at radius 1 is 1.29 bits per heavy atom. The number of nitrogens with two attached hydrogens (primary N) is 1. The molecule has 4 nitrogen and oxygen atoms in total. The Balaban J connectivity index is 0.00000200. The van der Waals surface area contributed by atoms with Gasteiger partial charge in [0.2, 0.25) is 5.91 Å². The topological polar surface area (TPSA) is 58.4 Å². The van der Waals surface area contributed by atoms with E-state index in [9.17, 15) is 4.79 Å². The first kappa shape index (κ1) is 20.0. The van der Waals surface area contributed by atoms with E-state index in [1.807, 2.05) is 32.0 Å². The first-order valence-electron chi connectivity index (χ1n) is 6.89. The van der Waals surface area contributed by atoms with Gasteiger partial charge in [-0.15, -0.1) is 24.8 Å². The summed E-state index contributed by atoms with van der Waals surface area (Å²) in [6.45, 7) is 6.25. The van der Waals surface area contributed by atoms with Crippen LogP contribution in [-0.4, -0.2) is 25.5 Å². The lowest BCUT2D eigenvalue weighted by Gasteiger charge is -2.22. The molecule has 1 aliphatic heterocycles. The molecule has 1 aromatic rings. The van der Waals surface area contributed by atoms with E-state index in [0.717, 1.165) is 18.8 Å². The molecule has 0 saturated carbocycles. The number of benzene rings is 1. The Bertz CT molecular complexity index is 460. The molecule has 6 heteroatoms. The largest absolute Gasteiger partial charge is 0.371 e. The Kier molecular flexibility index (Phi) is 8.08. The fraction of sp³-hybridized carbons (Fsp3) is 0.533. The third-order valence-electron chi connectivity index (χ3n) is 3.70. The summed E-state index contributed by atoms with van der Waals surface area (Å²) in [7, 11) is 0. The van der Waals surface area contributed by atoms with Gasteiger partial charge in [0.15, 0.2) is 0 Å². The maximum Gasteiger partial charge on any atom is 0.231 e. The Labute approximate surface area is 139 Å². The number of rotatable bonds is 4. The first-order chi connectivity index (χ1) is 9.03. The number of anilines is 2. The van der Waals surface area contributed by atoms with Crippen molar-refractivity contribution in [1.29, 1.82) is 0 Å². The molecule has 1 saturated heterocycles. The molecule has 1 fully saturated rings. The summed E-state index contributed by atoms with van der Waals surface area (Å²) < 4.78 is 0. The SMILES string of the molecule is CC(C)(CN)C(=O)Nc1cccc(N2CCCC2)c1.Cl.Cl. The fourth-order valence-electron chi connectivity index (χ4n) is 2.15. The first-order valence-corrected chi connectivity index (χ1v) is 6.89. The van der Waals surface area contributed by atoms with Crippen molar-refractivity contribution in [3.63, 3.8) is 0 Å². The van der Waals surface area contributed by atoms with Crippen molar-refractivity contribution >= 4 is 42.1 Å². The van der Waals surface area contributed by atoms with E-state index < -0.39 is 5.41 Å². The lowest BCUT2D eigenvalue weighted by atomic mass is 9.92. The molecule has 1 heterocycles. The van der Waals surface area contributed by atoms with Crippen molar-refractivity contribution < 1.29 is 4.79 Å². The molecule has 0 aromatic heterocycles. The van der Waals surface area contributed by atoms with Gasteiger partial charge >= 0.3 is 0 Å². The molecule has 120 valence electrons. The third kappa shape index (κ3) is 5.06. The van der Waals surface area contributed by atoms with Crippen molar-refractivity contribution in [2.45, 2.75) is 26.7 Å². The summed E-state index contributed by atoms with van der Waals surface area (Å²) in [5.74, 6) is -0.0337. The molecule has 1 amide bonds. The Morgan fingerprint density at radius 2 is 1.90 bits per heavy atom. The number of carbonyl (C=O) groups excluding carboxylic acids is 1. The molecule has 0 aliphatic carbocycles. The van der Waals surface area contributed by atoms with E-state index in [1.54, 1.807) is 0 Å². The number of nitrogens with one attached hydrogen (secondary N) is 1. The van der Waals surface area contributed by atoms with Crippen molar-refractivity contribution in [2.75, 3.05) is 29.9 Å². The van der Waals surface area contributed by atoms with Crippen LogP contribution in [-0.2, 0) is 4.79 Å². The highest BCUT2D eigenvalue weighted by Crippen LogP contribution is 2.24. The monoisotopic (exact) mass is 333 g/mol. The van der Waals surface area contributed by atoms with Gasteiger partial charge in [-0.3, -0.25) is 4.79 Å². The third-order valence-corrected chi connectivity index (χ3v) is 3.70. The summed E-state index contributed by atoms with van der Waals surface area (Å²) >= 11 is 0. The summed E-state index contributed by atoms with van der Waals surface area (Å²) in [5.41, 5.74) is 7.11. The zero-order valence-electron chi connectivity index (χ0n) is 12.6. The van der Waals surface area contributed by atoms with Gasteiger partial charge in [-0.25, -0.2) is 0 Å². The predicted molar refractivity (Wildman–Crippen MR) is 93.9 cm³/mol. The lowest BCUT2D eigenvalue weighted by molar-refractivity contribution is -0.123. The van der Waals surface area contributed by atoms with Gasteiger partial charge in [-0.2, -0.15) is 0 Å². The number of hydrogen-bond donors (Lipinski definition) is 2. The smallest absolute Gasteiger partial charge is 0.231 e. The molecule has 0 unspecified atom stereocenters. The highest BCUT2D eigenvalue weighted by molar-refractivity contribution is 5.95. The zero-order valence-corrected chi connectivity index (χ0v) is 14.2. The van der Waals surface area contributed by atoms with Gasteiger partial charge in [-0.1, -0.05) is 6.07 Å². The van der Waals surface area contributed by atoms with Crippen LogP contribution in [0.1, 0.15) is 26.7 Å². The molecule has 1 aromatic carbocycles. The Morgan fingerprint density at radius 3 is 2.48 bits per heavy atom. The van der Waals surface area contributed by atoms with E-state index in [4.69, 9.17) is 5.73 Å².